The molecule has 3 rings (SSSR count). The van der Waals surface area contributed by atoms with E-state index < -0.39 is 16.3 Å². The van der Waals surface area contributed by atoms with Gasteiger partial charge in [-0.15, -0.1) is 0 Å². The van der Waals surface area contributed by atoms with Gasteiger partial charge in [0.05, 0.1) is 16.8 Å². The van der Waals surface area contributed by atoms with Crippen molar-refractivity contribution in [3.63, 3.8) is 0 Å². The van der Waals surface area contributed by atoms with Gasteiger partial charge in [-0.25, -0.2) is 0 Å². The number of benzene rings is 1. The van der Waals surface area contributed by atoms with Crippen LogP contribution in [0.2, 0.25) is 0 Å². The number of nitrogens with zero attached hydrogens (tertiary/aromatic N) is 2. The number of likely N-dealkylation sites (tertiary alicyclic amines) is 1. The molecule has 0 aromatic heterocycles. The van der Waals surface area contributed by atoms with Crippen molar-refractivity contribution in [2.24, 2.45) is 11.3 Å². The topological polar surface area (TPSA) is 101 Å². The molecule has 1 aliphatic carbocycles. The molecular weight excluding hydrogens is 300 g/mol. The highest BCUT2D eigenvalue weighted by Crippen LogP contribution is 2.48. The fraction of sp³-hybridized carbons (Fsp3) is 0.500. The van der Waals surface area contributed by atoms with E-state index >= 15 is 0 Å². The van der Waals surface area contributed by atoms with Crippen molar-refractivity contribution in [3.05, 3.63) is 39.9 Å². The van der Waals surface area contributed by atoms with E-state index in [0.29, 0.717) is 18.5 Å². The van der Waals surface area contributed by atoms with Crippen molar-refractivity contribution in [1.82, 2.24) is 4.90 Å². The summed E-state index contributed by atoms with van der Waals surface area (Å²) < 4.78 is 0. The van der Waals surface area contributed by atoms with Gasteiger partial charge in [0.1, 0.15) is 0 Å². The van der Waals surface area contributed by atoms with Crippen LogP contribution in [0.5, 0.6) is 0 Å². The standard InChI is InChI=1S/C16H18N2O5/c19-14(8-11-3-5-13(6-4-11)18(22)23)17-9-12-2-1-7-16(12,10-17)15(20)21/h3-6,12H,1-2,7-10H2,(H,20,21)/t12-,16+/m0/s1. The van der Waals surface area contributed by atoms with Crippen LogP contribution in [0.15, 0.2) is 24.3 Å². The maximum atomic E-state index is 12.4. The Bertz CT molecular complexity index is 657. The van der Waals surface area contributed by atoms with Gasteiger partial charge < -0.3 is 10.0 Å². The van der Waals surface area contributed by atoms with Crippen molar-refractivity contribution < 1.29 is 19.6 Å². The Morgan fingerprint density at radius 3 is 2.61 bits per heavy atom. The van der Waals surface area contributed by atoms with E-state index in [1.807, 2.05) is 0 Å². The second-order valence-electron chi connectivity index (χ2n) is 6.43. The van der Waals surface area contributed by atoms with E-state index in [1.165, 1.54) is 12.1 Å². The van der Waals surface area contributed by atoms with Crippen LogP contribution >= 0.6 is 0 Å². The van der Waals surface area contributed by atoms with E-state index in [-0.39, 0.29) is 30.5 Å². The Balaban J connectivity index is 1.68. The maximum absolute atomic E-state index is 12.4. The summed E-state index contributed by atoms with van der Waals surface area (Å²) in [4.78, 5) is 35.8. The minimum absolute atomic E-state index is 0.0123. The van der Waals surface area contributed by atoms with Gasteiger partial charge in [-0.3, -0.25) is 19.7 Å². The number of hydrogen-bond acceptors (Lipinski definition) is 4. The number of fused-ring (bicyclic) bond motifs is 1. The molecule has 2 aliphatic rings. The Hall–Kier alpha value is -2.44. The molecule has 1 aromatic carbocycles. The van der Waals surface area contributed by atoms with Crippen molar-refractivity contribution in [1.29, 1.82) is 0 Å². The molecule has 1 aromatic rings. The van der Waals surface area contributed by atoms with Crippen LogP contribution < -0.4 is 0 Å². The zero-order valence-electron chi connectivity index (χ0n) is 12.6. The Kier molecular flexibility index (Phi) is 3.79. The molecule has 1 aliphatic heterocycles. The lowest BCUT2D eigenvalue weighted by Crippen LogP contribution is -2.37. The minimum Gasteiger partial charge on any atom is -0.481 e. The van der Waals surface area contributed by atoms with E-state index in [9.17, 15) is 24.8 Å². The molecule has 1 heterocycles. The molecule has 23 heavy (non-hydrogen) atoms. The Labute approximate surface area is 133 Å². The number of carbonyl (C=O) groups is 2. The van der Waals surface area contributed by atoms with Crippen molar-refractivity contribution in [3.8, 4) is 0 Å². The normalized spacial score (nSPS) is 26.1. The van der Waals surface area contributed by atoms with Crippen LogP contribution in [0, 0.1) is 21.4 Å². The predicted molar refractivity (Wildman–Crippen MR) is 80.8 cm³/mol. The number of nitro groups is 1. The molecule has 0 bridgehead atoms. The van der Waals surface area contributed by atoms with Crippen LogP contribution in [-0.4, -0.2) is 39.9 Å². The van der Waals surface area contributed by atoms with E-state index in [1.54, 1.807) is 17.0 Å². The van der Waals surface area contributed by atoms with Gasteiger partial charge in [0.15, 0.2) is 0 Å². The first kappa shape index (κ1) is 15.5. The molecule has 1 saturated heterocycles. The first-order chi connectivity index (χ1) is 10.9. The minimum atomic E-state index is -0.800. The number of carboxylic acid groups (broad SMARTS) is 1. The van der Waals surface area contributed by atoms with Gasteiger partial charge in [0, 0.05) is 25.2 Å². The summed E-state index contributed by atoms with van der Waals surface area (Å²) in [6.07, 6.45) is 2.53. The zero-order valence-corrected chi connectivity index (χ0v) is 12.6. The smallest absolute Gasteiger partial charge is 0.311 e. The SMILES string of the molecule is O=C(Cc1ccc([N+](=O)[O-])cc1)N1C[C@@H]2CCC[C@@]2(C(=O)O)C1. The molecule has 2 fully saturated rings. The average molecular weight is 318 g/mol. The summed E-state index contributed by atoms with van der Waals surface area (Å²) in [6.45, 7) is 0.775. The van der Waals surface area contributed by atoms with Gasteiger partial charge in [0.25, 0.3) is 5.69 Å². The third-order valence-corrected chi connectivity index (χ3v) is 5.15. The fourth-order valence-corrected chi connectivity index (χ4v) is 3.85. The third-order valence-electron chi connectivity index (χ3n) is 5.15. The van der Waals surface area contributed by atoms with Crippen LogP contribution in [0.1, 0.15) is 24.8 Å². The number of carbonyl (C=O) groups excluding carboxylic acids is 1. The largest absolute Gasteiger partial charge is 0.481 e. The van der Waals surface area contributed by atoms with E-state index in [4.69, 9.17) is 0 Å². The van der Waals surface area contributed by atoms with Crippen molar-refractivity contribution >= 4 is 17.6 Å². The predicted octanol–water partition coefficient (Wildman–Crippen LogP) is 1.85. The number of amides is 1. The lowest BCUT2D eigenvalue weighted by molar-refractivity contribution is -0.384. The molecule has 1 amide bonds. The number of aliphatic carboxylic acids is 1. The summed E-state index contributed by atoms with van der Waals surface area (Å²) in [5.41, 5.74) is -0.0886. The molecule has 122 valence electrons. The molecule has 0 spiro atoms. The van der Waals surface area contributed by atoms with Gasteiger partial charge in [0.2, 0.25) is 5.91 Å². The third kappa shape index (κ3) is 2.67. The first-order valence-electron chi connectivity index (χ1n) is 7.67. The highest BCUT2D eigenvalue weighted by Gasteiger charge is 2.55. The maximum Gasteiger partial charge on any atom is 0.311 e. The summed E-state index contributed by atoms with van der Waals surface area (Å²) in [6, 6.07) is 5.89. The Morgan fingerprint density at radius 1 is 1.35 bits per heavy atom. The van der Waals surface area contributed by atoms with Crippen LogP contribution in [0.3, 0.4) is 0 Å². The van der Waals surface area contributed by atoms with Crippen LogP contribution in [0.25, 0.3) is 0 Å². The van der Waals surface area contributed by atoms with Gasteiger partial charge in [-0.2, -0.15) is 0 Å². The fourth-order valence-electron chi connectivity index (χ4n) is 3.85. The zero-order chi connectivity index (χ0) is 16.6. The van der Waals surface area contributed by atoms with Gasteiger partial charge in [-0.05, 0) is 24.3 Å². The number of hydrogen-bond donors (Lipinski definition) is 1. The number of nitro benzene ring substituents is 1. The molecule has 1 saturated carbocycles. The molecule has 2 atom stereocenters. The van der Waals surface area contributed by atoms with Crippen molar-refractivity contribution in [2.75, 3.05) is 13.1 Å². The summed E-state index contributed by atoms with van der Waals surface area (Å²) in [7, 11) is 0. The molecule has 1 N–H and O–H groups in total. The first-order valence-corrected chi connectivity index (χ1v) is 7.67. The van der Waals surface area contributed by atoms with Crippen molar-refractivity contribution in [2.45, 2.75) is 25.7 Å². The van der Waals surface area contributed by atoms with Crippen LogP contribution in [-0.2, 0) is 16.0 Å². The highest BCUT2D eigenvalue weighted by atomic mass is 16.6. The molecule has 7 nitrogen and oxygen atoms in total. The molecular formula is C16H18N2O5. The summed E-state index contributed by atoms with van der Waals surface area (Å²) in [5, 5.41) is 20.2. The highest BCUT2D eigenvalue weighted by molar-refractivity contribution is 5.82. The average Bonchev–Trinajstić information content (AvgIpc) is 3.05. The second-order valence-corrected chi connectivity index (χ2v) is 6.43. The summed E-state index contributed by atoms with van der Waals surface area (Å²) >= 11 is 0. The monoisotopic (exact) mass is 318 g/mol. The van der Waals surface area contributed by atoms with Gasteiger partial charge in [-0.1, -0.05) is 18.6 Å². The van der Waals surface area contributed by atoms with Gasteiger partial charge >= 0.3 is 5.97 Å². The Morgan fingerprint density at radius 2 is 2.04 bits per heavy atom. The van der Waals surface area contributed by atoms with E-state index in [0.717, 1.165) is 12.8 Å². The molecule has 0 unspecified atom stereocenters. The van der Waals surface area contributed by atoms with E-state index in [2.05, 4.69) is 0 Å². The lowest BCUT2D eigenvalue weighted by atomic mass is 9.81. The summed E-state index contributed by atoms with van der Waals surface area (Å²) in [5.74, 6) is -0.875. The number of carboxylic acids is 1. The second kappa shape index (κ2) is 5.64. The van der Waals surface area contributed by atoms with Crippen LogP contribution in [0.4, 0.5) is 5.69 Å². The lowest BCUT2D eigenvalue weighted by Gasteiger charge is -2.23. The molecule has 0 radical (unpaired) electrons. The number of rotatable bonds is 4. The molecule has 7 heteroatoms. The quantitative estimate of drug-likeness (QED) is 0.674. The number of non-ortho nitro benzene ring substituents is 1.